The number of aliphatic hydroxyl groups excluding tert-OH is 1. The first-order valence-electron chi connectivity index (χ1n) is 12.0. The maximum atomic E-state index is 9.51. The second-order valence-electron chi connectivity index (χ2n) is 9.67. The largest absolute Gasteiger partial charge is 0.493 e. The smallest absolute Gasteiger partial charge is 0.231 e. The Hall–Kier alpha value is -2.70. The minimum Gasteiger partial charge on any atom is -0.493 e. The number of benzene rings is 3. The predicted molar refractivity (Wildman–Crippen MR) is 127 cm³/mol. The number of aliphatic hydroxyl groups is 1. The first-order valence-corrected chi connectivity index (χ1v) is 12.0. The third-order valence-corrected chi connectivity index (χ3v) is 7.35. The van der Waals surface area contributed by atoms with Crippen LogP contribution < -0.4 is 18.9 Å². The van der Waals surface area contributed by atoms with Gasteiger partial charge in [-0.2, -0.15) is 0 Å². The molecule has 2 fully saturated rings. The van der Waals surface area contributed by atoms with Gasteiger partial charge in [-0.15, -0.1) is 0 Å². The average Bonchev–Trinajstić information content (AvgIpc) is 3.57. The van der Waals surface area contributed by atoms with Gasteiger partial charge >= 0.3 is 0 Å². The van der Waals surface area contributed by atoms with Crippen molar-refractivity contribution in [2.24, 2.45) is 11.8 Å². The minimum absolute atomic E-state index is 0.263. The van der Waals surface area contributed by atoms with Crippen molar-refractivity contribution in [1.29, 1.82) is 0 Å². The molecule has 3 aromatic rings. The molecule has 0 amide bonds. The van der Waals surface area contributed by atoms with E-state index < -0.39 is 0 Å². The Morgan fingerprint density at radius 2 is 1.64 bits per heavy atom. The lowest BCUT2D eigenvalue weighted by molar-refractivity contribution is 0.127. The summed E-state index contributed by atoms with van der Waals surface area (Å²) in [6.45, 7) is 4.19. The number of fused-ring (bicyclic) bond motifs is 4. The molecule has 1 saturated heterocycles. The molecule has 0 unspecified atom stereocenters. The highest BCUT2D eigenvalue weighted by Gasteiger charge is 2.24. The minimum atomic E-state index is 0.263. The van der Waals surface area contributed by atoms with Gasteiger partial charge in [0.15, 0.2) is 23.0 Å². The van der Waals surface area contributed by atoms with E-state index in [0.29, 0.717) is 18.4 Å². The number of methoxy groups -OCH3 is 1. The molecular weight excluding hydrogens is 418 g/mol. The van der Waals surface area contributed by atoms with Crippen molar-refractivity contribution in [1.82, 2.24) is 4.90 Å². The third-order valence-electron chi connectivity index (χ3n) is 7.35. The van der Waals surface area contributed by atoms with Gasteiger partial charge in [-0.05, 0) is 108 Å². The maximum Gasteiger partial charge on any atom is 0.231 e. The molecule has 1 saturated carbocycles. The number of hydrogen-bond donors (Lipinski definition) is 1. The summed E-state index contributed by atoms with van der Waals surface area (Å²) < 4.78 is 23.3. The fourth-order valence-corrected chi connectivity index (χ4v) is 5.09. The van der Waals surface area contributed by atoms with E-state index in [9.17, 15) is 5.11 Å². The molecule has 6 heteroatoms. The Bertz CT molecular complexity index is 1180. The SMILES string of the molecule is COc1cc2c(cc1OCC1CC1)c(CN1CCC(CO)CC1)cc1cc3c(cc12)OCO3. The quantitative estimate of drug-likeness (QED) is 0.527. The van der Waals surface area contributed by atoms with Crippen molar-refractivity contribution in [3.63, 3.8) is 0 Å². The van der Waals surface area contributed by atoms with Crippen LogP contribution in [-0.2, 0) is 6.54 Å². The molecule has 3 aliphatic rings. The Kier molecular flexibility index (Phi) is 5.43. The van der Waals surface area contributed by atoms with Crippen molar-refractivity contribution in [3.8, 4) is 23.0 Å². The molecule has 33 heavy (non-hydrogen) atoms. The molecule has 0 atom stereocenters. The normalized spacial score (nSPS) is 18.8. The Morgan fingerprint density at radius 1 is 0.879 bits per heavy atom. The van der Waals surface area contributed by atoms with E-state index in [0.717, 1.165) is 78.2 Å². The molecular formula is C27H31NO5. The van der Waals surface area contributed by atoms with Crippen molar-refractivity contribution >= 4 is 21.5 Å². The Morgan fingerprint density at radius 3 is 2.36 bits per heavy atom. The lowest BCUT2D eigenvalue weighted by Gasteiger charge is -2.31. The van der Waals surface area contributed by atoms with E-state index in [-0.39, 0.29) is 6.79 Å². The predicted octanol–water partition coefficient (Wildman–Crippen LogP) is 4.72. The van der Waals surface area contributed by atoms with Crippen LogP contribution in [0.3, 0.4) is 0 Å². The molecule has 0 spiro atoms. The van der Waals surface area contributed by atoms with Gasteiger partial charge in [-0.25, -0.2) is 0 Å². The van der Waals surface area contributed by atoms with E-state index in [1.165, 1.54) is 23.8 Å². The summed E-state index contributed by atoms with van der Waals surface area (Å²) in [5.41, 5.74) is 1.28. The van der Waals surface area contributed by atoms with Crippen LogP contribution in [0.2, 0.25) is 0 Å². The van der Waals surface area contributed by atoms with Crippen molar-refractivity contribution in [3.05, 3.63) is 35.9 Å². The first-order chi connectivity index (χ1) is 16.2. The number of ether oxygens (including phenoxy) is 4. The van der Waals surface area contributed by atoms with Gasteiger partial charge in [0.1, 0.15) is 0 Å². The number of likely N-dealkylation sites (tertiary alicyclic amines) is 1. The molecule has 2 aliphatic heterocycles. The maximum absolute atomic E-state index is 9.51. The summed E-state index contributed by atoms with van der Waals surface area (Å²) in [5.74, 6) is 4.28. The molecule has 2 heterocycles. The summed E-state index contributed by atoms with van der Waals surface area (Å²) in [6.07, 6.45) is 4.60. The molecule has 6 nitrogen and oxygen atoms in total. The zero-order valence-corrected chi connectivity index (χ0v) is 19.1. The van der Waals surface area contributed by atoms with Crippen LogP contribution in [0.4, 0.5) is 0 Å². The number of hydrogen-bond acceptors (Lipinski definition) is 6. The number of piperidine rings is 1. The highest BCUT2D eigenvalue weighted by molar-refractivity contribution is 6.11. The lowest BCUT2D eigenvalue weighted by Crippen LogP contribution is -2.34. The molecule has 174 valence electrons. The molecule has 0 radical (unpaired) electrons. The van der Waals surface area contributed by atoms with Gasteiger partial charge in [0.2, 0.25) is 6.79 Å². The number of rotatable bonds is 7. The lowest BCUT2D eigenvalue weighted by atomic mass is 9.94. The van der Waals surface area contributed by atoms with Crippen LogP contribution in [0.15, 0.2) is 30.3 Å². The van der Waals surface area contributed by atoms with E-state index in [4.69, 9.17) is 18.9 Å². The highest BCUT2D eigenvalue weighted by atomic mass is 16.7. The molecule has 6 rings (SSSR count). The van der Waals surface area contributed by atoms with E-state index in [1.54, 1.807) is 7.11 Å². The van der Waals surface area contributed by atoms with Crippen LogP contribution in [0, 0.1) is 11.8 Å². The summed E-state index contributed by atoms with van der Waals surface area (Å²) in [4.78, 5) is 2.49. The third kappa shape index (κ3) is 4.06. The van der Waals surface area contributed by atoms with Crippen LogP contribution >= 0.6 is 0 Å². The van der Waals surface area contributed by atoms with Gasteiger partial charge in [0, 0.05) is 13.2 Å². The summed E-state index contributed by atoms with van der Waals surface area (Å²) in [5, 5.41) is 14.1. The zero-order chi connectivity index (χ0) is 22.4. The zero-order valence-electron chi connectivity index (χ0n) is 19.1. The Labute approximate surface area is 194 Å². The summed E-state index contributed by atoms with van der Waals surface area (Å²) in [6, 6.07) is 10.7. The van der Waals surface area contributed by atoms with Crippen LogP contribution in [0.1, 0.15) is 31.2 Å². The fourth-order valence-electron chi connectivity index (χ4n) is 5.09. The second kappa shape index (κ2) is 8.58. The molecule has 1 aliphatic carbocycles. The molecule has 0 aromatic heterocycles. The number of nitrogens with zero attached hydrogens (tertiary/aromatic N) is 1. The van der Waals surface area contributed by atoms with Gasteiger partial charge in [0.05, 0.1) is 13.7 Å². The van der Waals surface area contributed by atoms with Crippen molar-refractivity contribution in [2.45, 2.75) is 32.2 Å². The van der Waals surface area contributed by atoms with Gasteiger partial charge in [-0.3, -0.25) is 4.90 Å². The molecule has 1 N–H and O–H groups in total. The average molecular weight is 450 g/mol. The molecule has 0 bridgehead atoms. The van der Waals surface area contributed by atoms with Crippen molar-refractivity contribution in [2.75, 3.05) is 40.2 Å². The van der Waals surface area contributed by atoms with E-state index >= 15 is 0 Å². The Balaban J connectivity index is 1.45. The van der Waals surface area contributed by atoms with Crippen LogP contribution in [0.5, 0.6) is 23.0 Å². The summed E-state index contributed by atoms with van der Waals surface area (Å²) in [7, 11) is 1.71. The first kappa shape index (κ1) is 20.9. The van der Waals surface area contributed by atoms with Gasteiger partial charge in [-0.1, -0.05) is 0 Å². The van der Waals surface area contributed by atoms with Gasteiger partial charge in [0.25, 0.3) is 0 Å². The van der Waals surface area contributed by atoms with Crippen molar-refractivity contribution < 1.29 is 24.1 Å². The van der Waals surface area contributed by atoms with E-state index in [2.05, 4.69) is 35.2 Å². The second-order valence-corrected chi connectivity index (χ2v) is 9.67. The summed E-state index contributed by atoms with van der Waals surface area (Å²) >= 11 is 0. The topological polar surface area (TPSA) is 60.4 Å². The standard InChI is InChI=1S/C27H31NO5/c1-30-24-12-23-21-10-27-25(32-16-33-27)9-19(21)8-20(13-28-6-4-17(14-29)5-7-28)22(23)11-26(24)31-15-18-2-3-18/h8-12,17-18,29H,2-7,13-16H2,1H3. The van der Waals surface area contributed by atoms with Crippen LogP contribution in [0.25, 0.3) is 21.5 Å². The molecule has 3 aromatic carbocycles. The fraction of sp³-hybridized carbons (Fsp3) is 0.481. The highest BCUT2D eigenvalue weighted by Crippen LogP contribution is 2.43. The van der Waals surface area contributed by atoms with Crippen LogP contribution in [-0.4, -0.2) is 50.2 Å². The van der Waals surface area contributed by atoms with Gasteiger partial charge < -0.3 is 24.1 Å². The monoisotopic (exact) mass is 449 g/mol. The van der Waals surface area contributed by atoms with E-state index in [1.807, 2.05) is 0 Å².